The van der Waals surface area contributed by atoms with Crippen LogP contribution < -0.4 is 19.7 Å². The number of aryl methyl sites for hydroxylation is 1. The highest BCUT2D eigenvalue weighted by Gasteiger charge is 2.44. The van der Waals surface area contributed by atoms with Gasteiger partial charge in [-0.1, -0.05) is 29.8 Å². The van der Waals surface area contributed by atoms with E-state index in [1.165, 1.54) is 4.90 Å². The van der Waals surface area contributed by atoms with Crippen molar-refractivity contribution in [2.45, 2.75) is 26.0 Å². The van der Waals surface area contributed by atoms with Gasteiger partial charge in [0.1, 0.15) is 25.3 Å². The average molecular weight is 409 g/mol. The van der Waals surface area contributed by atoms with Gasteiger partial charge in [0.25, 0.3) is 5.91 Å². The molecule has 4 rings (SSSR count). The fourth-order valence-electron chi connectivity index (χ4n) is 3.50. The van der Waals surface area contributed by atoms with Gasteiger partial charge in [0.15, 0.2) is 11.5 Å². The number of hydrogen-bond donors (Lipinski definition) is 1. The number of nitrogens with zero attached hydrogens (tertiary/aromatic N) is 2. The van der Waals surface area contributed by atoms with Gasteiger partial charge in [0.05, 0.1) is 6.54 Å². The van der Waals surface area contributed by atoms with E-state index < -0.39 is 23.9 Å². The summed E-state index contributed by atoms with van der Waals surface area (Å²) in [5.74, 6) is 0.452. The smallest absolute Gasteiger partial charge is 0.332 e. The number of ether oxygens (including phenoxy) is 2. The first-order valence-electron chi connectivity index (χ1n) is 9.80. The lowest BCUT2D eigenvalue weighted by Crippen LogP contribution is -2.46. The van der Waals surface area contributed by atoms with Gasteiger partial charge >= 0.3 is 6.03 Å². The van der Waals surface area contributed by atoms with E-state index in [1.807, 2.05) is 37.3 Å². The number of imide groups is 1. The molecule has 0 aliphatic carbocycles. The molecule has 2 aromatic carbocycles. The molecule has 1 saturated heterocycles. The summed E-state index contributed by atoms with van der Waals surface area (Å²) >= 11 is 0. The van der Waals surface area contributed by atoms with E-state index in [9.17, 15) is 14.4 Å². The van der Waals surface area contributed by atoms with Crippen molar-refractivity contribution in [3.63, 3.8) is 0 Å². The largest absolute Gasteiger partial charge is 0.486 e. The van der Waals surface area contributed by atoms with Gasteiger partial charge in [0.2, 0.25) is 5.91 Å². The Morgan fingerprint density at radius 2 is 1.80 bits per heavy atom. The topological polar surface area (TPSA) is 88.2 Å². The number of carbonyl (C=O) groups is 3. The van der Waals surface area contributed by atoms with Crippen LogP contribution in [0.4, 0.5) is 10.5 Å². The minimum atomic E-state index is -0.667. The maximum atomic E-state index is 12.8. The fourth-order valence-corrected chi connectivity index (χ4v) is 3.50. The van der Waals surface area contributed by atoms with E-state index in [2.05, 4.69) is 5.32 Å². The third-order valence-corrected chi connectivity index (χ3v) is 5.16. The zero-order chi connectivity index (χ0) is 21.3. The zero-order valence-electron chi connectivity index (χ0n) is 16.8. The van der Waals surface area contributed by atoms with Crippen LogP contribution in [0.5, 0.6) is 11.5 Å². The number of para-hydroxylation sites is 2. The molecule has 1 N–H and O–H groups in total. The monoisotopic (exact) mass is 409 g/mol. The Labute approximate surface area is 174 Å². The van der Waals surface area contributed by atoms with Crippen molar-refractivity contribution >= 4 is 23.5 Å². The number of carbonyl (C=O) groups excluding carboxylic acids is 3. The quantitative estimate of drug-likeness (QED) is 0.765. The Morgan fingerprint density at radius 3 is 2.53 bits per heavy atom. The summed E-state index contributed by atoms with van der Waals surface area (Å²) in [6, 6.07) is 13.5. The van der Waals surface area contributed by atoms with Gasteiger partial charge < -0.3 is 14.8 Å². The zero-order valence-corrected chi connectivity index (χ0v) is 16.8. The molecular weight excluding hydrogens is 386 g/mol. The van der Waals surface area contributed by atoms with E-state index in [1.54, 1.807) is 25.1 Å². The van der Waals surface area contributed by atoms with Gasteiger partial charge in [0, 0.05) is 5.69 Å². The second kappa shape index (κ2) is 8.06. The van der Waals surface area contributed by atoms with Gasteiger partial charge in [-0.2, -0.15) is 0 Å². The van der Waals surface area contributed by atoms with Crippen LogP contribution in [0.2, 0.25) is 0 Å². The molecule has 2 heterocycles. The molecule has 156 valence electrons. The summed E-state index contributed by atoms with van der Waals surface area (Å²) in [7, 11) is 0. The van der Waals surface area contributed by atoms with Crippen LogP contribution in [0.15, 0.2) is 48.5 Å². The molecule has 8 nitrogen and oxygen atoms in total. The average Bonchev–Trinajstić information content (AvgIpc) is 2.96. The maximum Gasteiger partial charge on any atom is 0.332 e. The Hall–Kier alpha value is -3.55. The van der Waals surface area contributed by atoms with Crippen LogP contribution in [0.3, 0.4) is 0 Å². The molecule has 2 atom stereocenters. The Morgan fingerprint density at radius 1 is 1.10 bits per heavy atom. The third kappa shape index (κ3) is 3.80. The number of hydrogen-bond acceptors (Lipinski definition) is 5. The second-order valence-electron chi connectivity index (χ2n) is 7.39. The predicted molar refractivity (Wildman–Crippen MR) is 110 cm³/mol. The van der Waals surface area contributed by atoms with Crippen LogP contribution in [-0.2, 0) is 9.59 Å². The summed E-state index contributed by atoms with van der Waals surface area (Å²) in [4.78, 5) is 40.2. The molecule has 2 aliphatic rings. The Bertz CT molecular complexity index is 975. The highest BCUT2D eigenvalue weighted by molar-refractivity contribution is 6.15. The molecule has 2 aromatic rings. The highest BCUT2D eigenvalue weighted by Crippen LogP contribution is 2.30. The summed E-state index contributed by atoms with van der Waals surface area (Å²) in [5, 5.41) is 2.72. The standard InChI is InChI=1S/C22H23N3O5/c1-14-7-9-16(10-8-14)25-15(2)21(27)24(22(25)28)12-20(26)23-11-17-13-29-18-5-3-4-6-19(18)30-17/h3-10,15,17H,11-13H2,1-2H3,(H,23,26)/t15-,17+/m1/s1. The van der Waals surface area contributed by atoms with Crippen molar-refractivity contribution in [3.05, 3.63) is 54.1 Å². The second-order valence-corrected chi connectivity index (χ2v) is 7.39. The molecule has 0 unspecified atom stereocenters. The van der Waals surface area contributed by atoms with Crippen LogP contribution in [0.1, 0.15) is 12.5 Å². The molecule has 0 spiro atoms. The third-order valence-electron chi connectivity index (χ3n) is 5.16. The lowest BCUT2D eigenvalue weighted by atomic mass is 10.2. The first kappa shape index (κ1) is 19.8. The van der Waals surface area contributed by atoms with Crippen molar-refractivity contribution in [2.75, 3.05) is 24.6 Å². The summed E-state index contributed by atoms with van der Waals surface area (Å²) in [6.45, 7) is 3.77. The predicted octanol–water partition coefficient (Wildman–Crippen LogP) is 2.11. The van der Waals surface area contributed by atoms with Crippen molar-refractivity contribution in [1.82, 2.24) is 10.2 Å². The van der Waals surface area contributed by atoms with Crippen molar-refractivity contribution in [1.29, 1.82) is 0 Å². The number of urea groups is 1. The first-order chi connectivity index (χ1) is 14.4. The SMILES string of the molecule is Cc1ccc(N2C(=O)N(CC(=O)NC[C@H]3COc4ccccc4O3)C(=O)[C@H]2C)cc1. The summed E-state index contributed by atoms with van der Waals surface area (Å²) < 4.78 is 11.4. The molecule has 4 amide bonds. The summed E-state index contributed by atoms with van der Waals surface area (Å²) in [6.07, 6.45) is -0.350. The molecular formula is C22H23N3O5. The molecule has 2 aliphatic heterocycles. The number of fused-ring (bicyclic) bond motifs is 1. The molecule has 0 saturated carbocycles. The molecule has 0 bridgehead atoms. The number of nitrogens with one attached hydrogen (secondary N) is 1. The molecule has 30 heavy (non-hydrogen) atoms. The Balaban J connectivity index is 1.34. The lowest BCUT2D eigenvalue weighted by Gasteiger charge is -2.26. The highest BCUT2D eigenvalue weighted by atomic mass is 16.6. The molecule has 0 radical (unpaired) electrons. The van der Waals surface area contributed by atoms with Crippen molar-refractivity contribution < 1.29 is 23.9 Å². The fraction of sp³-hybridized carbons (Fsp3) is 0.318. The molecule has 0 aromatic heterocycles. The molecule has 1 fully saturated rings. The van der Waals surface area contributed by atoms with Crippen LogP contribution in [0.25, 0.3) is 0 Å². The normalized spacial score (nSPS) is 20.5. The first-order valence-corrected chi connectivity index (χ1v) is 9.80. The molecule has 8 heteroatoms. The van der Waals surface area contributed by atoms with Crippen LogP contribution in [-0.4, -0.2) is 54.6 Å². The van der Waals surface area contributed by atoms with E-state index in [0.717, 1.165) is 10.5 Å². The summed E-state index contributed by atoms with van der Waals surface area (Å²) in [5.41, 5.74) is 1.68. The minimum absolute atomic E-state index is 0.209. The van der Waals surface area contributed by atoms with E-state index in [4.69, 9.17) is 9.47 Å². The lowest BCUT2D eigenvalue weighted by molar-refractivity contribution is -0.132. The van der Waals surface area contributed by atoms with Gasteiger partial charge in [-0.15, -0.1) is 0 Å². The Kier molecular flexibility index (Phi) is 5.31. The van der Waals surface area contributed by atoms with Gasteiger partial charge in [-0.05, 0) is 38.1 Å². The maximum absolute atomic E-state index is 12.8. The van der Waals surface area contributed by atoms with E-state index >= 15 is 0 Å². The number of amides is 4. The van der Waals surface area contributed by atoms with Gasteiger partial charge in [-0.25, -0.2) is 4.79 Å². The number of benzene rings is 2. The number of anilines is 1. The van der Waals surface area contributed by atoms with Crippen molar-refractivity contribution in [3.8, 4) is 11.5 Å². The van der Waals surface area contributed by atoms with Crippen molar-refractivity contribution in [2.24, 2.45) is 0 Å². The van der Waals surface area contributed by atoms with E-state index in [0.29, 0.717) is 23.8 Å². The van der Waals surface area contributed by atoms with Gasteiger partial charge in [-0.3, -0.25) is 19.4 Å². The number of rotatable bonds is 5. The van der Waals surface area contributed by atoms with E-state index in [-0.39, 0.29) is 19.2 Å². The van der Waals surface area contributed by atoms with Crippen LogP contribution in [0, 0.1) is 6.92 Å². The van der Waals surface area contributed by atoms with Crippen LogP contribution >= 0.6 is 0 Å². The minimum Gasteiger partial charge on any atom is -0.486 e.